The molecule has 0 aliphatic heterocycles. The van der Waals surface area contributed by atoms with Crippen LogP contribution in [-0.2, 0) is 16.6 Å². The van der Waals surface area contributed by atoms with Gasteiger partial charge in [-0.2, -0.15) is 11.3 Å². The second-order valence-electron chi connectivity index (χ2n) is 6.74. The fourth-order valence-corrected chi connectivity index (χ4v) is 4.65. The average Bonchev–Trinajstić information content (AvgIpc) is 3.28. The standard InChI is InChI=1S/C23H20N2O3S2/c1-17-4-2-6-21(14-17)28-20-7-9-22(10-8-20)30(26,27)25-15-18-5-3-12-24-23(18)19-11-13-29-16-19/h2-14,16,25H,15H2,1H3. The fraction of sp³-hybridized carbons (Fsp3) is 0.0870. The molecule has 2 aromatic carbocycles. The number of nitrogens with zero attached hydrogens (tertiary/aromatic N) is 1. The van der Waals surface area contributed by atoms with E-state index >= 15 is 0 Å². The Labute approximate surface area is 180 Å². The van der Waals surface area contributed by atoms with Gasteiger partial charge < -0.3 is 4.74 Å². The van der Waals surface area contributed by atoms with E-state index in [1.807, 2.05) is 54.1 Å². The highest BCUT2D eigenvalue weighted by Gasteiger charge is 2.16. The summed E-state index contributed by atoms with van der Waals surface area (Å²) < 4.78 is 34.0. The Balaban J connectivity index is 1.47. The van der Waals surface area contributed by atoms with Crippen LogP contribution in [0.3, 0.4) is 0 Å². The van der Waals surface area contributed by atoms with Crippen LogP contribution in [0, 0.1) is 6.92 Å². The second kappa shape index (κ2) is 8.79. The third-order valence-corrected chi connectivity index (χ3v) is 6.60. The van der Waals surface area contributed by atoms with E-state index in [9.17, 15) is 8.42 Å². The minimum atomic E-state index is -3.67. The highest BCUT2D eigenvalue weighted by Crippen LogP contribution is 2.25. The van der Waals surface area contributed by atoms with Gasteiger partial charge >= 0.3 is 0 Å². The van der Waals surface area contributed by atoms with Gasteiger partial charge in [-0.15, -0.1) is 0 Å². The maximum absolute atomic E-state index is 12.7. The Morgan fingerprint density at radius 3 is 2.57 bits per heavy atom. The molecule has 0 fully saturated rings. The van der Waals surface area contributed by atoms with Crippen molar-refractivity contribution in [2.75, 3.05) is 0 Å². The van der Waals surface area contributed by atoms with Crippen LogP contribution in [0.4, 0.5) is 0 Å². The van der Waals surface area contributed by atoms with Crippen LogP contribution in [-0.4, -0.2) is 13.4 Å². The summed E-state index contributed by atoms with van der Waals surface area (Å²) in [4.78, 5) is 4.59. The lowest BCUT2D eigenvalue weighted by Crippen LogP contribution is -2.23. The number of ether oxygens (including phenoxy) is 1. The summed E-state index contributed by atoms with van der Waals surface area (Å²) in [6.07, 6.45) is 1.71. The van der Waals surface area contributed by atoms with Crippen LogP contribution in [0.2, 0.25) is 0 Å². The molecule has 0 radical (unpaired) electrons. The number of aryl methyl sites for hydroxylation is 1. The van der Waals surface area contributed by atoms with Gasteiger partial charge in [-0.1, -0.05) is 18.2 Å². The monoisotopic (exact) mass is 436 g/mol. The molecule has 0 aliphatic rings. The van der Waals surface area contributed by atoms with E-state index in [-0.39, 0.29) is 11.4 Å². The number of pyridine rings is 1. The van der Waals surface area contributed by atoms with Gasteiger partial charge in [0.25, 0.3) is 0 Å². The van der Waals surface area contributed by atoms with E-state index in [1.54, 1.807) is 35.7 Å². The summed E-state index contributed by atoms with van der Waals surface area (Å²) >= 11 is 1.58. The van der Waals surface area contributed by atoms with Crippen LogP contribution in [0.25, 0.3) is 11.3 Å². The smallest absolute Gasteiger partial charge is 0.240 e. The first-order chi connectivity index (χ1) is 14.5. The van der Waals surface area contributed by atoms with Crippen molar-refractivity contribution in [2.24, 2.45) is 0 Å². The van der Waals surface area contributed by atoms with Crippen LogP contribution < -0.4 is 9.46 Å². The van der Waals surface area contributed by atoms with Gasteiger partial charge in [-0.05, 0) is 72.0 Å². The quantitative estimate of drug-likeness (QED) is 0.422. The minimum Gasteiger partial charge on any atom is -0.457 e. The molecule has 0 spiro atoms. The van der Waals surface area contributed by atoms with E-state index in [0.29, 0.717) is 11.5 Å². The number of sulfonamides is 1. The molecule has 2 heterocycles. The number of benzene rings is 2. The molecule has 0 atom stereocenters. The normalized spacial score (nSPS) is 11.4. The molecule has 1 N–H and O–H groups in total. The summed E-state index contributed by atoms with van der Waals surface area (Å²) in [5.41, 5.74) is 3.67. The van der Waals surface area contributed by atoms with Gasteiger partial charge in [0.15, 0.2) is 0 Å². The first kappa shape index (κ1) is 20.3. The van der Waals surface area contributed by atoms with Gasteiger partial charge in [0.2, 0.25) is 10.0 Å². The zero-order valence-electron chi connectivity index (χ0n) is 16.3. The summed E-state index contributed by atoms with van der Waals surface area (Å²) in [6, 6.07) is 19.7. The minimum absolute atomic E-state index is 0.156. The van der Waals surface area contributed by atoms with Crippen molar-refractivity contribution in [2.45, 2.75) is 18.4 Å². The lowest BCUT2D eigenvalue weighted by molar-refractivity contribution is 0.481. The summed E-state index contributed by atoms with van der Waals surface area (Å²) in [5, 5.41) is 3.96. The number of thiophene rings is 1. The Morgan fingerprint density at radius 2 is 1.83 bits per heavy atom. The molecule has 4 aromatic rings. The van der Waals surface area contributed by atoms with Crippen molar-refractivity contribution in [1.29, 1.82) is 0 Å². The summed E-state index contributed by atoms with van der Waals surface area (Å²) in [6.45, 7) is 2.14. The molecule has 2 aromatic heterocycles. The SMILES string of the molecule is Cc1cccc(Oc2ccc(S(=O)(=O)NCc3cccnc3-c3ccsc3)cc2)c1. The van der Waals surface area contributed by atoms with Crippen molar-refractivity contribution in [3.05, 3.63) is 94.8 Å². The van der Waals surface area contributed by atoms with Crippen molar-refractivity contribution in [3.8, 4) is 22.8 Å². The third-order valence-electron chi connectivity index (χ3n) is 4.50. The van der Waals surface area contributed by atoms with Gasteiger partial charge in [0, 0.05) is 23.7 Å². The van der Waals surface area contributed by atoms with Gasteiger partial charge in [-0.25, -0.2) is 13.1 Å². The van der Waals surface area contributed by atoms with E-state index in [1.165, 1.54) is 12.1 Å². The lowest BCUT2D eigenvalue weighted by Gasteiger charge is -2.11. The van der Waals surface area contributed by atoms with Crippen LogP contribution >= 0.6 is 11.3 Å². The summed E-state index contributed by atoms with van der Waals surface area (Å²) in [7, 11) is -3.67. The number of aromatic nitrogens is 1. The van der Waals surface area contributed by atoms with Crippen molar-refractivity contribution in [3.63, 3.8) is 0 Å². The highest BCUT2D eigenvalue weighted by atomic mass is 32.2. The van der Waals surface area contributed by atoms with E-state index in [2.05, 4.69) is 9.71 Å². The highest BCUT2D eigenvalue weighted by molar-refractivity contribution is 7.89. The topological polar surface area (TPSA) is 68.3 Å². The number of hydrogen-bond acceptors (Lipinski definition) is 5. The predicted octanol–water partition coefficient (Wildman–Crippen LogP) is 5.39. The van der Waals surface area contributed by atoms with Crippen molar-refractivity contribution < 1.29 is 13.2 Å². The maximum atomic E-state index is 12.7. The summed E-state index contributed by atoms with van der Waals surface area (Å²) in [5.74, 6) is 1.29. The molecule has 0 saturated carbocycles. The molecular formula is C23H20N2O3S2. The molecule has 4 rings (SSSR count). The zero-order chi connectivity index (χ0) is 21.0. The predicted molar refractivity (Wildman–Crippen MR) is 119 cm³/mol. The molecule has 0 amide bonds. The number of rotatable bonds is 7. The first-order valence-electron chi connectivity index (χ1n) is 9.32. The second-order valence-corrected chi connectivity index (χ2v) is 9.28. The molecule has 5 nitrogen and oxygen atoms in total. The molecule has 152 valence electrons. The van der Waals surface area contributed by atoms with Crippen LogP contribution in [0.5, 0.6) is 11.5 Å². The first-order valence-corrected chi connectivity index (χ1v) is 11.7. The molecular weight excluding hydrogens is 416 g/mol. The average molecular weight is 437 g/mol. The molecule has 30 heavy (non-hydrogen) atoms. The number of hydrogen-bond donors (Lipinski definition) is 1. The maximum Gasteiger partial charge on any atom is 0.240 e. The molecule has 0 unspecified atom stereocenters. The zero-order valence-corrected chi connectivity index (χ0v) is 17.9. The molecule has 0 saturated heterocycles. The molecule has 0 aliphatic carbocycles. The van der Waals surface area contributed by atoms with Crippen LogP contribution in [0.1, 0.15) is 11.1 Å². The Morgan fingerprint density at radius 1 is 1.00 bits per heavy atom. The number of nitrogens with one attached hydrogen (secondary N) is 1. The molecule has 0 bridgehead atoms. The van der Waals surface area contributed by atoms with E-state index in [4.69, 9.17) is 4.74 Å². The Kier molecular flexibility index (Phi) is 5.94. The largest absolute Gasteiger partial charge is 0.457 e. The van der Waals surface area contributed by atoms with Gasteiger partial charge in [-0.3, -0.25) is 4.98 Å². The third kappa shape index (κ3) is 4.76. The van der Waals surface area contributed by atoms with E-state index < -0.39 is 10.0 Å². The fourth-order valence-electron chi connectivity index (χ4n) is 3.00. The molecule has 7 heteroatoms. The van der Waals surface area contributed by atoms with Crippen molar-refractivity contribution in [1.82, 2.24) is 9.71 Å². The van der Waals surface area contributed by atoms with Crippen molar-refractivity contribution >= 4 is 21.4 Å². The lowest BCUT2D eigenvalue weighted by atomic mass is 10.1. The van der Waals surface area contributed by atoms with Gasteiger partial charge in [0.1, 0.15) is 11.5 Å². The van der Waals surface area contributed by atoms with Crippen LogP contribution in [0.15, 0.2) is 88.6 Å². The van der Waals surface area contributed by atoms with Gasteiger partial charge in [0.05, 0.1) is 10.6 Å². The Hall–Kier alpha value is -3.00. The van der Waals surface area contributed by atoms with E-state index in [0.717, 1.165) is 22.4 Å². The Bertz CT molecular complexity index is 1240.